The van der Waals surface area contributed by atoms with E-state index in [2.05, 4.69) is 20.2 Å². The summed E-state index contributed by atoms with van der Waals surface area (Å²) in [6.07, 6.45) is 0. The zero-order valence-corrected chi connectivity index (χ0v) is 20.7. The van der Waals surface area contributed by atoms with Crippen LogP contribution in [-0.4, -0.2) is 42.2 Å². The Morgan fingerprint density at radius 2 is 1.67 bits per heavy atom. The largest absolute Gasteiger partial charge is 0.378 e. The normalized spacial score (nSPS) is 13.9. The van der Waals surface area contributed by atoms with E-state index >= 15 is 0 Å². The van der Waals surface area contributed by atoms with Crippen molar-refractivity contribution in [2.45, 2.75) is 0 Å². The lowest BCUT2D eigenvalue weighted by Crippen LogP contribution is -2.36. The van der Waals surface area contributed by atoms with E-state index in [9.17, 15) is 4.79 Å². The van der Waals surface area contributed by atoms with Crippen LogP contribution < -0.4 is 10.2 Å². The van der Waals surface area contributed by atoms with Gasteiger partial charge in [0.25, 0.3) is 5.91 Å². The van der Waals surface area contributed by atoms with Gasteiger partial charge in [0.05, 0.1) is 28.8 Å². The van der Waals surface area contributed by atoms with Crippen molar-refractivity contribution in [2.75, 3.05) is 36.5 Å². The molecule has 1 saturated heterocycles. The van der Waals surface area contributed by atoms with Crippen LogP contribution in [0.3, 0.4) is 0 Å². The first-order chi connectivity index (χ1) is 17.5. The van der Waals surface area contributed by atoms with Gasteiger partial charge in [-0.2, -0.15) is 0 Å². The molecule has 5 aromatic rings. The maximum atomic E-state index is 12.9. The number of morpholine rings is 1. The molecule has 6 nitrogen and oxygen atoms in total. The Kier molecular flexibility index (Phi) is 6.01. The number of benzene rings is 3. The van der Waals surface area contributed by atoms with Crippen LogP contribution in [0.25, 0.3) is 33.1 Å². The molecule has 36 heavy (non-hydrogen) atoms. The monoisotopic (exact) mass is 516 g/mol. The molecular weight excluding hydrogens is 495 g/mol. The summed E-state index contributed by atoms with van der Waals surface area (Å²) in [7, 11) is 0. The third-order valence-corrected chi connectivity index (χ3v) is 6.99. The molecule has 180 valence electrons. The molecule has 1 fully saturated rings. The number of ether oxygens (including phenoxy) is 1. The van der Waals surface area contributed by atoms with Gasteiger partial charge in [-0.15, -0.1) is 0 Å². The van der Waals surface area contributed by atoms with E-state index < -0.39 is 0 Å². The standard InChI is InChI=1S/C28H22Cl2N4O2/c29-21-15-20(34-9-11-36-12-10-34)16-22(30)27(21)25-13-18-5-6-19(14-24(18)31-25)28(35)33-26-8-7-17-3-1-2-4-23(17)32-26/h1-8,13-16,31H,9-12H2,(H,32,33,35). The van der Waals surface area contributed by atoms with Crippen molar-refractivity contribution in [1.29, 1.82) is 0 Å². The smallest absolute Gasteiger partial charge is 0.256 e. The molecule has 0 saturated carbocycles. The number of halogens is 2. The van der Waals surface area contributed by atoms with E-state index in [4.69, 9.17) is 27.9 Å². The summed E-state index contributed by atoms with van der Waals surface area (Å²) in [5.41, 5.74) is 4.67. The molecule has 0 spiro atoms. The second-order valence-electron chi connectivity index (χ2n) is 8.71. The summed E-state index contributed by atoms with van der Waals surface area (Å²) in [5.74, 6) is 0.270. The molecule has 2 aromatic heterocycles. The molecule has 3 aromatic carbocycles. The highest BCUT2D eigenvalue weighted by molar-refractivity contribution is 6.39. The molecule has 0 aliphatic carbocycles. The molecular formula is C28H22Cl2N4O2. The van der Waals surface area contributed by atoms with E-state index in [-0.39, 0.29) is 5.91 Å². The number of carbonyl (C=O) groups excluding carboxylic acids is 1. The molecule has 0 bridgehead atoms. The minimum atomic E-state index is -0.234. The summed E-state index contributed by atoms with van der Waals surface area (Å²) >= 11 is 13.4. The first kappa shape index (κ1) is 22.9. The quantitative estimate of drug-likeness (QED) is 0.276. The van der Waals surface area contributed by atoms with Crippen molar-refractivity contribution >= 4 is 62.4 Å². The fourth-order valence-electron chi connectivity index (χ4n) is 4.55. The van der Waals surface area contributed by atoms with Crippen LogP contribution >= 0.6 is 23.2 Å². The average molecular weight is 517 g/mol. The Balaban J connectivity index is 1.27. The molecule has 8 heteroatoms. The number of rotatable bonds is 4. The number of amides is 1. The first-order valence-electron chi connectivity index (χ1n) is 11.7. The zero-order chi connectivity index (χ0) is 24.6. The number of nitrogens with one attached hydrogen (secondary N) is 2. The molecule has 0 atom stereocenters. The van der Waals surface area contributed by atoms with Gasteiger partial charge in [-0.1, -0.05) is 47.5 Å². The number of anilines is 2. The van der Waals surface area contributed by atoms with Crippen molar-refractivity contribution in [3.8, 4) is 11.3 Å². The summed E-state index contributed by atoms with van der Waals surface area (Å²) in [4.78, 5) is 23.1. The molecule has 1 aliphatic heterocycles. The fourth-order valence-corrected chi connectivity index (χ4v) is 5.23. The van der Waals surface area contributed by atoms with Gasteiger partial charge in [0, 0.05) is 51.9 Å². The van der Waals surface area contributed by atoms with Crippen molar-refractivity contribution in [1.82, 2.24) is 9.97 Å². The average Bonchev–Trinajstić information content (AvgIpc) is 3.31. The number of para-hydroxylation sites is 1. The van der Waals surface area contributed by atoms with Gasteiger partial charge < -0.3 is 19.9 Å². The van der Waals surface area contributed by atoms with Crippen LogP contribution in [0.5, 0.6) is 0 Å². The van der Waals surface area contributed by atoms with E-state index in [1.165, 1.54) is 0 Å². The number of pyridine rings is 1. The summed E-state index contributed by atoms with van der Waals surface area (Å²) in [6, 6.07) is 22.9. The topological polar surface area (TPSA) is 70.2 Å². The van der Waals surface area contributed by atoms with Crippen LogP contribution in [0.2, 0.25) is 10.0 Å². The van der Waals surface area contributed by atoms with Gasteiger partial charge >= 0.3 is 0 Å². The lowest BCUT2D eigenvalue weighted by atomic mass is 10.1. The highest BCUT2D eigenvalue weighted by Crippen LogP contribution is 2.39. The zero-order valence-electron chi connectivity index (χ0n) is 19.2. The van der Waals surface area contributed by atoms with Gasteiger partial charge in [0.15, 0.2) is 0 Å². The van der Waals surface area contributed by atoms with E-state index in [0.717, 1.165) is 51.8 Å². The summed E-state index contributed by atoms with van der Waals surface area (Å²) in [5, 5.41) is 5.99. The van der Waals surface area contributed by atoms with Crippen LogP contribution in [-0.2, 0) is 4.74 Å². The van der Waals surface area contributed by atoms with Crippen LogP contribution in [0.15, 0.2) is 72.8 Å². The van der Waals surface area contributed by atoms with Crippen molar-refractivity contribution in [3.05, 3.63) is 88.4 Å². The number of hydrogen-bond donors (Lipinski definition) is 2. The number of H-pyrrole nitrogens is 1. The fraction of sp³-hybridized carbons (Fsp3) is 0.143. The Bertz CT molecular complexity index is 1590. The minimum absolute atomic E-state index is 0.234. The summed E-state index contributed by atoms with van der Waals surface area (Å²) in [6.45, 7) is 2.98. The van der Waals surface area contributed by atoms with Crippen molar-refractivity contribution < 1.29 is 9.53 Å². The molecule has 0 unspecified atom stereocenters. The van der Waals surface area contributed by atoms with E-state index in [0.29, 0.717) is 34.6 Å². The van der Waals surface area contributed by atoms with Crippen molar-refractivity contribution in [2.24, 2.45) is 0 Å². The van der Waals surface area contributed by atoms with Gasteiger partial charge in [-0.05, 0) is 48.5 Å². The van der Waals surface area contributed by atoms with Crippen LogP contribution in [0, 0.1) is 0 Å². The van der Waals surface area contributed by atoms with E-state index in [1.54, 1.807) is 12.1 Å². The predicted molar refractivity (Wildman–Crippen MR) is 146 cm³/mol. The highest BCUT2D eigenvalue weighted by Gasteiger charge is 2.18. The number of carbonyl (C=O) groups is 1. The highest BCUT2D eigenvalue weighted by atomic mass is 35.5. The van der Waals surface area contributed by atoms with Gasteiger partial charge in [0.1, 0.15) is 5.82 Å². The van der Waals surface area contributed by atoms with E-state index in [1.807, 2.05) is 60.7 Å². The Labute approximate surface area is 217 Å². The van der Waals surface area contributed by atoms with Gasteiger partial charge in [-0.3, -0.25) is 4.79 Å². The summed E-state index contributed by atoms with van der Waals surface area (Å²) < 4.78 is 5.44. The van der Waals surface area contributed by atoms with Gasteiger partial charge in [-0.25, -0.2) is 4.98 Å². The van der Waals surface area contributed by atoms with Crippen LogP contribution in [0.4, 0.5) is 11.5 Å². The first-order valence-corrected chi connectivity index (χ1v) is 12.4. The molecule has 3 heterocycles. The second kappa shape index (κ2) is 9.47. The molecule has 1 aliphatic rings. The third kappa shape index (κ3) is 4.39. The number of aromatic amines is 1. The Morgan fingerprint density at radius 1 is 0.917 bits per heavy atom. The minimum Gasteiger partial charge on any atom is -0.378 e. The third-order valence-electron chi connectivity index (χ3n) is 6.40. The number of fused-ring (bicyclic) bond motifs is 2. The van der Waals surface area contributed by atoms with Crippen molar-refractivity contribution in [3.63, 3.8) is 0 Å². The number of hydrogen-bond acceptors (Lipinski definition) is 4. The van der Waals surface area contributed by atoms with Gasteiger partial charge in [0.2, 0.25) is 0 Å². The maximum absolute atomic E-state index is 12.9. The SMILES string of the molecule is O=C(Nc1ccc2ccccc2n1)c1ccc2cc(-c3c(Cl)cc(N4CCOCC4)cc3Cl)[nH]c2c1. The number of aromatic nitrogens is 2. The molecule has 2 N–H and O–H groups in total. The lowest BCUT2D eigenvalue weighted by molar-refractivity contribution is 0.102. The molecule has 6 rings (SSSR count). The predicted octanol–water partition coefficient (Wildman–Crippen LogP) is 6.78. The lowest BCUT2D eigenvalue weighted by Gasteiger charge is -2.29. The second-order valence-corrected chi connectivity index (χ2v) is 9.53. The Hall–Kier alpha value is -3.58. The molecule has 1 amide bonds. The Morgan fingerprint density at radius 3 is 2.47 bits per heavy atom. The van der Waals surface area contributed by atoms with Crippen LogP contribution in [0.1, 0.15) is 10.4 Å². The number of nitrogens with zero attached hydrogens (tertiary/aromatic N) is 2. The molecule has 0 radical (unpaired) electrons. The maximum Gasteiger partial charge on any atom is 0.256 e.